The number of hydrogen-bond donors (Lipinski definition) is 1. The molecule has 0 radical (unpaired) electrons. The van der Waals surface area contributed by atoms with Gasteiger partial charge in [-0.15, -0.1) is 0 Å². The van der Waals surface area contributed by atoms with E-state index in [0.29, 0.717) is 22.3 Å². The summed E-state index contributed by atoms with van der Waals surface area (Å²) < 4.78 is 5.82. The van der Waals surface area contributed by atoms with Crippen LogP contribution in [0.1, 0.15) is 24.0 Å². The number of fused-ring (bicyclic) bond motifs is 1. The first kappa shape index (κ1) is 15.0. The van der Waals surface area contributed by atoms with Crippen molar-refractivity contribution >= 4 is 16.9 Å². The quantitative estimate of drug-likeness (QED) is 0.795. The summed E-state index contributed by atoms with van der Waals surface area (Å²) >= 11 is 0. The van der Waals surface area contributed by atoms with Gasteiger partial charge in [-0.25, -0.2) is 0 Å². The van der Waals surface area contributed by atoms with Crippen LogP contribution in [0.3, 0.4) is 0 Å². The minimum absolute atomic E-state index is 0.179. The predicted molar refractivity (Wildman–Crippen MR) is 88.7 cm³/mol. The first-order valence-corrected chi connectivity index (χ1v) is 7.33. The number of aryl methyl sites for hydroxylation is 1. The van der Waals surface area contributed by atoms with Crippen LogP contribution in [0.25, 0.3) is 22.3 Å². The largest absolute Gasteiger partial charge is 0.481 e. The first-order valence-electron chi connectivity index (χ1n) is 7.33. The van der Waals surface area contributed by atoms with Gasteiger partial charge in [-0.3, -0.25) is 9.59 Å². The molecule has 0 spiro atoms. The number of aliphatic carboxylic acids is 1. The fraction of sp³-hybridized carbons (Fsp3) is 0.158. The molecule has 116 valence electrons. The topological polar surface area (TPSA) is 67.5 Å². The van der Waals surface area contributed by atoms with E-state index < -0.39 is 11.9 Å². The molecule has 0 bridgehead atoms. The number of benzene rings is 2. The van der Waals surface area contributed by atoms with Crippen LogP contribution in [0, 0.1) is 6.92 Å². The summed E-state index contributed by atoms with van der Waals surface area (Å²) in [6.07, 6.45) is 0. The van der Waals surface area contributed by atoms with Gasteiger partial charge >= 0.3 is 5.97 Å². The van der Waals surface area contributed by atoms with E-state index in [1.807, 2.05) is 31.2 Å². The molecule has 0 aliphatic heterocycles. The molecule has 1 atom stereocenters. The minimum Gasteiger partial charge on any atom is -0.481 e. The molecule has 0 amide bonds. The average Bonchev–Trinajstić information content (AvgIpc) is 2.54. The Morgan fingerprint density at radius 2 is 1.78 bits per heavy atom. The molecule has 1 N–H and O–H groups in total. The van der Waals surface area contributed by atoms with Gasteiger partial charge in [-0.05, 0) is 31.5 Å². The van der Waals surface area contributed by atoms with Gasteiger partial charge in [-0.2, -0.15) is 0 Å². The minimum atomic E-state index is -0.926. The van der Waals surface area contributed by atoms with Gasteiger partial charge < -0.3 is 9.52 Å². The van der Waals surface area contributed by atoms with Gasteiger partial charge in [0.05, 0.1) is 11.3 Å². The Morgan fingerprint density at radius 3 is 2.43 bits per heavy atom. The molecule has 23 heavy (non-hydrogen) atoms. The second-order valence-electron chi connectivity index (χ2n) is 5.66. The second kappa shape index (κ2) is 5.72. The lowest BCUT2D eigenvalue weighted by Crippen LogP contribution is -2.08. The maximum absolute atomic E-state index is 12.4. The Morgan fingerprint density at radius 1 is 1.09 bits per heavy atom. The van der Waals surface area contributed by atoms with Crippen molar-refractivity contribution in [3.8, 4) is 11.3 Å². The third-order valence-electron chi connectivity index (χ3n) is 3.96. The van der Waals surface area contributed by atoms with E-state index in [9.17, 15) is 9.59 Å². The van der Waals surface area contributed by atoms with E-state index in [1.165, 1.54) is 6.07 Å². The summed E-state index contributed by atoms with van der Waals surface area (Å²) in [4.78, 5) is 23.5. The fourth-order valence-electron chi connectivity index (χ4n) is 2.45. The van der Waals surface area contributed by atoms with Crippen LogP contribution >= 0.6 is 0 Å². The number of hydrogen-bond acceptors (Lipinski definition) is 3. The molecule has 1 heterocycles. The molecule has 4 nitrogen and oxygen atoms in total. The Kier molecular flexibility index (Phi) is 3.74. The predicted octanol–water partition coefficient (Wildman–Crippen LogP) is 3.96. The van der Waals surface area contributed by atoms with Gasteiger partial charge in [0, 0.05) is 11.6 Å². The van der Waals surface area contributed by atoms with E-state index >= 15 is 0 Å². The SMILES string of the molecule is Cc1ccc(-c2cc(=O)c3cc(C(C)C(=O)O)ccc3o2)cc1. The van der Waals surface area contributed by atoms with E-state index in [-0.39, 0.29) is 5.43 Å². The first-order chi connectivity index (χ1) is 11.0. The molecule has 0 fully saturated rings. The Bertz CT molecular complexity index is 936. The summed E-state index contributed by atoms with van der Waals surface area (Å²) in [6, 6.07) is 14.1. The maximum atomic E-state index is 12.4. The lowest BCUT2D eigenvalue weighted by Gasteiger charge is -2.08. The Labute approximate surface area is 133 Å². The fourth-order valence-corrected chi connectivity index (χ4v) is 2.45. The molecule has 0 aliphatic rings. The van der Waals surface area contributed by atoms with Crippen LogP contribution in [0.2, 0.25) is 0 Å². The summed E-state index contributed by atoms with van der Waals surface area (Å²) in [5.41, 5.74) is 2.82. The summed E-state index contributed by atoms with van der Waals surface area (Å²) in [5.74, 6) is -1.10. The van der Waals surface area contributed by atoms with Crippen LogP contribution in [0.4, 0.5) is 0 Å². The van der Waals surface area contributed by atoms with Gasteiger partial charge in [0.15, 0.2) is 5.43 Å². The van der Waals surface area contributed by atoms with E-state index in [0.717, 1.165) is 11.1 Å². The van der Waals surface area contributed by atoms with Gasteiger partial charge in [0.1, 0.15) is 11.3 Å². The normalized spacial score (nSPS) is 12.3. The molecule has 1 aromatic heterocycles. The number of carbonyl (C=O) groups is 1. The molecule has 0 aliphatic carbocycles. The highest BCUT2D eigenvalue weighted by Crippen LogP contribution is 2.25. The van der Waals surface area contributed by atoms with Crippen molar-refractivity contribution in [1.82, 2.24) is 0 Å². The zero-order valence-corrected chi connectivity index (χ0v) is 12.9. The maximum Gasteiger partial charge on any atom is 0.310 e. The third kappa shape index (κ3) is 2.88. The van der Waals surface area contributed by atoms with Crippen molar-refractivity contribution in [2.45, 2.75) is 19.8 Å². The van der Waals surface area contributed by atoms with E-state index in [1.54, 1.807) is 25.1 Å². The highest BCUT2D eigenvalue weighted by atomic mass is 16.4. The second-order valence-corrected chi connectivity index (χ2v) is 5.66. The van der Waals surface area contributed by atoms with Crippen LogP contribution in [-0.2, 0) is 4.79 Å². The number of carboxylic acids is 1. The highest BCUT2D eigenvalue weighted by Gasteiger charge is 2.15. The van der Waals surface area contributed by atoms with Crippen molar-refractivity contribution in [3.63, 3.8) is 0 Å². The van der Waals surface area contributed by atoms with Crippen molar-refractivity contribution in [2.24, 2.45) is 0 Å². The van der Waals surface area contributed by atoms with Crippen molar-refractivity contribution in [1.29, 1.82) is 0 Å². The molecule has 3 rings (SSSR count). The smallest absolute Gasteiger partial charge is 0.310 e. The van der Waals surface area contributed by atoms with Crippen LogP contribution in [-0.4, -0.2) is 11.1 Å². The van der Waals surface area contributed by atoms with Crippen molar-refractivity contribution in [2.75, 3.05) is 0 Å². The molecule has 0 saturated carbocycles. The molecular formula is C19H16O4. The molecule has 0 saturated heterocycles. The van der Waals surface area contributed by atoms with Crippen LogP contribution < -0.4 is 5.43 Å². The van der Waals surface area contributed by atoms with E-state index in [2.05, 4.69) is 0 Å². The Balaban J connectivity index is 2.13. The molecule has 3 aromatic rings. The zero-order valence-electron chi connectivity index (χ0n) is 12.9. The molecule has 2 aromatic carbocycles. The number of rotatable bonds is 3. The summed E-state index contributed by atoms with van der Waals surface area (Å²) in [6.45, 7) is 3.58. The standard InChI is InChI=1S/C19H16O4/c1-11-3-5-13(6-4-11)18-10-16(20)15-9-14(12(2)19(21)22)7-8-17(15)23-18/h3-10,12H,1-2H3,(H,21,22). The van der Waals surface area contributed by atoms with Gasteiger partial charge in [0.25, 0.3) is 0 Å². The third-order valence-corrected chi connectivity index (χ3v) is 3.96. The van der Waals surface area contributed by atoms with Gasteiger partial charge in [0.2, 0.25) is 0 Å². The Hall–Kier alpha value is -2.88. The molecular weight excluding hydrogens is 292 g/mol. The average molecular weight is 308 g/mol. The van der Waals surface area contributed by atoms with Crippen LogP contribution in [0.5, 0.6) is 0 Å². The van der Waals surface area contributed by atoms with Gasteiger partial charge in [-0.1, -0.05) is 35.9 Å². The zero-order chi connectivity index (χ0) is 16.6. The lowest BCUT2D eigenvalue weighted by molar-refractivity contribution is -0.138. The van der Waals surface area contributed by atoms with E-state index in [4.69, 9.17) is 9.52 Å². The van der Waals surface area contributed by atoms with Crippen LogP contribution in [0.15, 0.2) is 57.7 Å². The van der Waals surface area contributed by atoms with Crippen molar-refractivity contribution < 1.29 is 14.3 Å². The molecule has 4 heteroatoms. The summed E-state index contributed by atoms with van der Waals surface area (Å²) in [5, 5.41) is 9.49. The van der Waals surface area contributed by atoms with Crippen molar-refractivity contribution in [3.05, 3.63) is 69.9 Å². The summed E-state index contributed by atoms with van der Waals surface area (Å²) in [7, 11) is 0. The highest BCUT2D eigenvalue weighted by molar-refractivity contribution is 5.82. The molecule has 1 unspecified atom stereocenters. The lowest BCUT2D eigenvalue weighted by atomic mass is 9.99. The number of carboxylic acid groups (broad SMARTS) is 1. The monoisotopic (exact) mass is 308 g/mol.